The molecule has 1 aliphatic heterocycles. The Morgan fingerprint density at radius 2 is 2.25 bits per heavy atom. The molecule has 1 atom stereocenters. The van der Waals surface area contributed by atoms with Crippen molar-refractivity contribution in [3.05, 3.63) is 0 Å². The minimum atomic E-state index is -2.98. The van der Waals surface area contributed by atoms with Crippen LogP contribution < -0.4 is 5.73 Å². The van der Waals surface area contributed by atoms with E-state index in [9.17, 15) is 13.6 Å². The van der Waals surface area contributed by atoms with Crippen molar-refractivity contribution in [3.8, 4) is 0 Å². The van der Waals surface area contributed by atoms with E-state index in [-0.39, 0.29) is 6.54 Å². The van der Waals surface area contributed by atoms with Crippen LogP contribution in [0.25, 0.3) is 0 Å². The Morgan fingerprint density at radius 1 is 1.67 bits per heavy atom. The first kappa shape index (κ1) is 9.18. The van der Waals surface area contributed by atoms with Gasteiger partial charge in [-0.15, -0.1) is 0 Å². The van der Waals surface area contributed by atoms with Crippen molar-refractivity contribution in [3.63, 3.8) is 0 Å². The van der Waals surface area contributed by atoms with Gasteiger partial charge >= 0.3 is 6.09 Å². The van der Waals surface area contributed by atoms with Crippen LogP contribution in [-0.4, -0.2) is 41.2 Å². The highest BCUT2D eigenvalue weighted by Crippen LogP contribution is 2.25. The molecular weight excluding hydrogens is 170 g/mol. The number of nitrogens with two attached hydrogens (primary N) is 1. The van der Waals surface area contributed by atoms with Crippen molar-refractivity contribution in [2.75, 3.05) is 13.1 Å². The summed E-state index contributed by atoms with van der Waals surface area (Å²) in [5.74, 6) is -2.98. The SMILES string of the molecule is N[C@H]1CN(C(=O)O)CC(F)(F)C1. The Morgan fingerprint density at radius 3 is 2.67 bits per heavy atom. The fourth-order valence-electron chi connectivity index (χ4n) is 1.29. The smallest absolute Gasteiger partial charge is 0.407 e. The van der Waals surface area contributed by atoms with Crippen LogP contribution in [0.2, 0.25) is 0 Å². The molecule has 0 aromatic heterocycles. The third-order valence-electron chi connectivity index (χ3n) is 1.71. The molecule has 1 fully saturated rings. The summed E-state index contributed by atoms with van der Waals surface area (Å²) in [5.41, 5.74) is 5.25. The van der Waals surface area contributed by atoms with Gasteiger partial charge in [0.15, 0.2) is 0 Å². The van der Waals surface area contributed by atoms with Gasteiger partial charge < -0.3 is 15.7 Å². The molecule has 1 heterocycles. The molecule has 4 nitrogen and oxygen atoms in total. The van der Waals surface area contributed by atoms with E-state index in [1.807, 2.05) is 0 Å². The van der Waals surface area contributed by atoms with Gasteiger partial charge in [0, 0.05) is 19.0 Å². The van der Waals surface area contributed by atoms with Crippen LogP contribution in [-0.2, 0) is 0 Å². The summed E-state index contributed by atoms with van der Waals surface area (Å²) in [6.07, 6.45) is -1.78. The molecule has 1 amide bonds. The summed E-state index contributed by atoms with van der Waals surface area (Å²) in [6.45, 7) is -0.749. The standard InChI is InChI=1S/C6H10F2N2O2/c7-6(8)1-4(9)2-10(3-6)5(11)12/h4H,1-3,9H2,(H,11,12)/t4-/m1/s1. The Kier molecular flexibility index (Phi) is 2.18. The average molecular weight is 180 g/mol. The predicted octanol–water partition coefficient (Wildman–Crippen LogP) is 0.333. The van der Waals surface area contributed by atoms with Crippen LogP contribution in [0.4, 0.5) is 13.6 Å². The van der Waals surface area contributed by atoms with Crippen molar-refractivity contribution in [1.82, 2.24) is 4.90 Å². The number of alkyl halides is 2. The molecule has 70 valence electrons. The Bertz CT molecular complexity index is 198. The summed E-state index contributed by atoms with van der Waals surface area (Å²) >= 11 is 0. The van der Waals surface area contributed by atoms with Gasteiger partial charge in [0.25, 0.3) is 5.92 Å². The van der Waals surface area contributed by atoms with Crippen LogP contribution in [0.3, 0.4) is 0 Å². The van der Waals surface area contributed by atoms with Gasteiger partial charge in [0.1, 0.15) is 0 Å². The number of nitrogens with zero attached hydrogens (tertiary/aromatic N) is 1. The van der Waals surface area contributed by atoms with Crippen LogP contribution in [0.5, 0.6) is 0 Å². The largest absolute Gasteiger partial charge is 0.465 e. The number of halogens is 2. The number of hydrogen-bond donors (Lipinski definition) is 2. The lowest BCUT2D eigenvalue weighted by molar-refractivity contribution is -0.0637. The second-order valence-electron chi connectivity index (χ2n) is 2.98. The van der Waals surface area contributed by atoms with E-state index in [2.05, 4.69) is 0 Å². The van der Waals surface area contributed by atoms with Gasteiger partial charge in [-0.05, 0) is 0 Å². The van der Waals surface area contributed by atoms with Gasteiger partial charge in [-0.3, -0.25) is 0 Å². The lowest BCUT2D eigenvalue weighted by Crippen LogP contribution is -2.53. The van der Waals surface area contributed by atoms with Gasteiger partial charge in [-0.1, -0.05) is 0 Å². The Labute approximate surface area is 67.9 Å². The van der Waals surface area contributed by atoms with Crippen LogP contribution in [0.1, 0.15) is 6.42 Å². The molecule has 1 rings (SSSR count). The van der Waals surface area contributed by atoms with E-state index < -0.39 is 31.0 Å². The zero-order valence-corrected chi connectivity index (χ0v) is 6.33. The van der Waals surface area contributed by atoms with Gasteiger partial charge in [0.2, 0.25) is 0 Å². The molecule has 0 saturated carbocycles. The van der Waals surface area contributed by atoms with Crippen LogP contribution >= 0.6 is 0 Å². The molecule has 12 heavy (non-hydrogen) atoms. The highest BCUT2D eigenvalue weighted by Gasteiger charge is 2.40. The number of likely N-dealkylation sites (tertiary alicyclic amines) is 1. The van der Waals surface area contributed by atoms with Gasteiger partial charge in [-0.25, -0.2) is 13.6 Å². The zero-order valence-electron chi connectivity index (χ0n) is 6.33. The van der Waals surface area contributed by atoms with Crippen molar-refractivity contribution < 1.29 is 18.7 Å². The number of hydrogen-bond acceptors (Lipinski definition) is 2. The number of amides is 1. The molecule has 0 radical (unpaired) electrons. The molecule has 0 bridgehead atoms. The molecule has 1 aliphatic rings. The number of carboxylic acid groups (broad SMARTS) is 1. The highest BCUT2D eigenvalue weighted by molar-refractivity contribution is 5.65. The quantitative estimate of drug-likeness (QED) is 0.564. The maximum Gasteiger partial charge on any atom is 0.407 e. The maximum atomic E-state index is 12.7. The minimum Gasteiger partial charge on any atom is -0.465 e. The van der Waals surface area contributed by atoms with E-state index >= 15 is 0 Å². The number of carbonyl (C=O) groups is 1. The fraction of sp³-hybridized carbons (Fsp3) is 0.833. The first-order chi connectivity index (χ1) is 5.41. The van der Waals surface area contributed by atoms with E-state index in [1.165, 1.54) is 0 Å². The molecule has 0 spiro atoms. The summed E-state index contributed by atoms with van der Waals surface area (Å²) in [4.78, 5) is 11.0. The lowest BCUT2D eigenvalue weighted by Gasteiger charge is -2.34. The molecule has 0 aromatic carbocycles. The van der Waals surface area contributed by atoms with E-state index in [4.69, 9.17) is 10.8 Å². The third-order valence-corrected chi connectivity index (χ3v) is 1.71. The first-order valence-corrected chi connectivity index (χ1v) is 3.52. The van der Waals surface area contributed by atoms with Crippen molar-refractivity contribution in [2.45, 2.75) is 18.4 Å². The minimum absolute atomic E-state index is 0.00900. The van der Waals surface area contributed by atoms with Crippen molar-refractivity contribution in [1.29, 1.82) is 0 Å². The van der Waals surface area contributed by atoms with Gasteiger partial charge in [0.05, 0.1) is 6.54 Å². The van der Waals surface area contributed by atoms with E-state index in [0.717, 1.165) is 0 Å². The first-order valence-electron chi connectivity index (χ1n) is 3.52. The summed E-state index contributed by atoms with van der Waals surface area (Å²) in [6, 6.07) is -0.759. The zero-order chi connectivity index (χ0) is 9.35. The Balaban J connectivity index is 2.64. The van der Waals surface area contributed by atoms with Crippen molar-refractivity contribution in [2.24, 2.45) is 5.73 Å². The number of piperidine rings is 1. The third kappa shape index (κ3) is 2.04. The lowest BCUT2D eigenvalue weighted by atomic mass is 10.0. The van der Waals surface area contributed by atoms with Crippen LogP contribution in [0, 0.1) is 0 Å². The second kappa shape index (κ2) is 2.85. The second-order valence-corrected chi connectivity index (χ2v) is 2.98. The highest BCUT2D eigenvalue weighted by atomic mass is 19.3. The summed E-state index contributed by atoms with van der Waals surface area (Å²) in [7, 11) is 0. The summed E-state index contributed by atoms with van der Waals surface area (Å²) < 4.78 is 25.4. The molecule has 1 saturated heterocycles. The Hall–Kier alpha value is -0.910. The molecule has 0 aromatic rings. The number of rotatable bonds is 0. The monoisotopic (exact) mass is 180 g/mol. The fourth-order valence-corrected chi connectivity index (χ4v) is 1.29. The molecule has 0 unspecified atom stereocenters. The molecule has 0 aliphatic carbocycles. The predicted molar refractivity (Wildman–Crippen MR) is 37.1 cm³/mol. The topological polar surface area (TPSA) is 66.6 Å². The van der Waals surface area contributed by atoms with E-state index in [0.29, 0.717) is 4.90 Å². The van der Waals surface area contributed by atoms with E-state index in [1.54, 1.807) is 0 Å². The molecule has 3 N–H and O–H groups in total. The maximum absolute atomic E-state index is 12.7. The molecular formula is C6H10F2N2O2. The normalized spacial score (nSPS) is 28.6. The summed E-state index contributed by atoms with van der Waals surface area (Å²) in [5, 5.41) is 8.43. The average Bonchev–Trinajstić information content (AvgIpc) is 1.82. The van der Waals surface area contributed by atoms with Crippen molar-refractivity contribution >= 4 is 6.09 Å². The van der Waals surface area contributed by atoms with Gasteiger partial charge in [-0.2, -0.15) is 0 Å². The molecule has 6 heteroatoms. The van der Waals surface area contributed by atoms with Crippen LogP contribution in [0.15, 0.2) is 0 Å².